The van der Waals surface area contributed by atoms with Crippen LogP contribution in [0.3, 0.4) is 0 Å². The molecule has 7 nitrogen and oxygen atoms in total. The van der Waals surface area contributed by atoms with Crippen LogP contribution in [0.4, 0.5) is 0 Å². The molecule has 0 aliphatic carbocycles. The first-order chi connectivity index (χ1) is 11.3. The van der Waals surface area contributed by atoms with Crippen LogP contribution in [0.15, 0.2) is 49.1 Å². The number of aromatic nitrogens is 6. The smallest absolute Gasteiger partial charge is 0.183 e. The number of hydrogen-bond donors (Lipinski definition) is 2. The lowest BCUT2D eigenvalue weighted by atomic mass is 10.2. The molecule has 4 aromatic rings. The van der Waals surface area contributed by atoms with Crippen molar-refractivity contribution >= 4 is 10.9 Å². The number of aromatic hydroxyl groups is 1. The molecule has 0 radical (unpaired) electrons. The summed E-state index contributed by atoms with van der Waals surface area (Å²) in [6.07, 6.45) is 7.34. The highest BCUT2D eigenvalue weighted by atomic mass is 16.3. The molecule has 7 heteroatoms. The second-order valence-corrected chi connectivity index (χ2v) is 5.05. The Morgan fingerprint density at radius 3 is 2.74 bits per heavy atom. The SMILES string of the molecule is Oc1c(-c2nnc(Cc3ccncc3)[nH]2)ncc2cccnc12. The number of nitrogens with zero attached hydrogens (tertiary/aromatic N) is 5. The van der Waals surface area contributed by atoms with Gasteiger partial charge in [-0.1, -0.05) is 0 Å². The Kier molecular flexibility index (Phi) is 3.16. The summed E-state index contributed by atoms with van der Waals surface area (Å²) in [5, 5.41) is 19.3. The maximum Gasteiger partial charge on any atom is 0.183 e. The Labute approximate surface area is 131 Å². The number of pyridine rings is 3. The van der Waals surface area contributed by atoms with Crippen molar-refractivity contribution in [2.45, 2.75) is 6.42 Å². The van der Waals surface area contributed by atoms with Gasteiger partial charge in [0.05, 0.1) is 0 Å². The van der Waals surface area contributed by atoms with Gasteiger partial charge in [0.15, 0.2) is 17.3 Å². The van der Waals surface area contributed by atoms with Crippen molar-refractivity contribution < 1.29 is 5.11 Å². The van der Waals surface area contributed by atoms with E-state index in [1.807, 2.05) is 18.2 Å². The minimum Gasteiger partial charge on any atom is -0.504 e. The van der Waals surface area contributed by atoms with Gasteiger partial charge in [-0.15, -0.1) is 10.2 Å². The van der Waals surface area contributed by atoms with E-state index in [4.69, 9.17) is 0 Å². The van der Waals surface area contributed by atoms with E-state index in [0.717, 1.165) is 10.9 Å². The van der Waals surface area contributed by atoms with E-state index in [-0.39, 0.29) is 5.75 Å². The average Bonchev–Trinajstić information content (AvgIpc) is 3.04. The zero-order chi connectivity index (χ0) is 15.6. The van der Waals surface area contributed by atoms with E-state index in [1.165, 1.54) is 0 Å². The Balaban J connectivity index is 1.70. The summed E-state index contributed by atoms with van der Waals surface area (Å²) < 4.78 is 0. The third-order valence-electron chi connectivity index (χ3n) is 3.50. The lowest BCUT2D eigenvalue weighted by Gasteiger charge is -2.03. The fraction of sp³-hybridized carbons (Fsp3) is 0.0625. The van der Waals surface area contributed by atoms with E-state index >= 15 is 0 Å². The minimum absolute atomic E-state index is 0.00490. The van der Waals surface area contributed by atoms with Crippen LogP contribution in [0, 0.1) is 0 Å². The summed E-state index contributed by atoms with van der Waals surface area (Å²) in [6.45, 7) is 0. The lowest BCUT2D eigenvalue weighted by Crippen LogP contribution is -1.92. The van der Waals surface area contributed by atoms with Crippen molar-refractivity contribution in [2.24, 2.45) is 0 Å². The van der Waals surface area contributed by atoms with Crippen LogP contribution in [0.1, 0.15) is 11.4 Å². The van der Waals surface area contributed by atoms with Crippen molar-refractivity contribution in [1.82, 2.24) is 30.1 Å². The number of rotatable bonds is 3. The highest BCUT2D eigenvalue weighted by molar-refractivity contribution is 5.88. The van der Waals surface area contributed by atoms with Crippen LogP contribution < -0.4 is 0 Å². The summed E-state index contributed by atoms with van der Waals surface area (Å²) in [7, 11) is 0. The van der Waals surface area contributed by atoms with Crippen LogP contribution in [0.25, 0.3) is 22.4 Å². The molecule has 4 rings (SSSR count). The van der Waals surface area contributed by atoms with E-state index in [1.54, 1.807) is 30.9 Å². The molecular formula is C16H12N6O. The van der Waals surface area contributed by atoms with Gasteiger partial charge in [0.25, 0.3) is 0 Å². The van der Waals surface area contributed by atoms with Gasteiger partial charge in [0.1, 0.15) is 11.3 Å². The molecule has 0 bridgehead atoms. The van der Waals surface area contributed by atoms with Gasteiger partial charge < -0.3 is 10.1 Å². The Morgan fingerprint density at radius 2 is 1.87 bits per heavy atom. The summed E-state index contributed by atoms with van der Waals surface area (Å²) >= 11 is 0. The molecule has 112 valence electrons. The highest BCUT2D eigenvalue weighted by Crippen LogP contribution is 2.30. The molecule has 4 aromatic heterocycles. The van der Waals surface area contributed by atoms with Crippen molar-refractivity contribution in [3.05, 3.63) is 60.4 Å². The summed E-state index contributed by atoms with van der Waals surface area (Å²) in [4.78, 5) is 15.5. The predicted octanol–water partition coefficient (Wildman–Crippen LogP) is 2.11. The summed E-state index contributed by atoms with van der Waals surface area (Å²) in [5.41, 5.74) is 1.90. The molecule has 0 atom stereocenters. The Bertz CT molecular complexity index is 967. The molecule has 4 heterocycles. The topological polar surface area (TPSA) is 100 Å². The van der Waals surface area contributed by atoms with Gasteiger partial charge in [-0.3, -0.25) is 9.97 Å². The number of H-pyrrole nitrogens is 1. The number of aromatic amines is 1. The van der Waals surface area contributed by atoms with E-state index in [0.29, 0.717) is 29.3 Å². The van der Waals surface area contributed by atoms with Crippen LogP contribution in [-0.2, 0) is 6.42 Å². The van der Waals surface area contributed by atoms with E-state index < -0.39 is 0 Å². The standard InChI is InChI=1S/C16H12N6O/c23-15-13-11(2-1-5-18-13)9-19-14(15)16-20-12(21-22-16)8-10-3-6-17-7-4-10/h1-7,9,23H,8H2,(H,20,21,22). The quantitative estimate of drug-likeness (QED) is 0.601. The van der Waals surface area contributed by atoms with Crippen molar-refractivity contribution in [1.29, 1.82) is 0 Å². The second kappa shape index (κ2) is 5.45. The normalized spacial score (nSPS) is 11.0. The molecule has 0 aliphatic heterocycles. The fourth-order valence-corrected chi connectivity index (χ4v) is 2.38. The highest BCUT2D eigenvalue weighted by Gasteiger charge is 2.15. The number of nitrogens with one attached hydrogen (secondary N) is 1. The molecule has 23 heavy (non-hydrogen) atoms. The Morgan fingerprint density at radius 1 is 1.00 bits per heavy atom. The van der Waals surface area contributed by atoms with Gasteiger partial charge in [0.2, 0.25) is 0 Å². The maximum atomic E-state index is 10.4. The van der Waals surface area contributed by atoms with Crippen molar-refractivity contribution in [3.8, 4) is 17.3 Å². The molecule has 0 saturated carbocycles. The van der Waals surface area contributed by atoms with Crippen LogP contribution in [0.2, 0.25) is 0 Å². The zero-order valence-electron chi connectivity index (χ0n) is 12.0. The summed E-state index contributed by atoms with van der Waals surface area (Å²) in [5.74, 6) is 1.10. The van der Waals surface area contributed by atoms with Crippen LogP contribution in [0.5, 0.6) is 5.75 Å². The average molecular weight is 304 g/mol. The Hall–Kier alpha value is -3.35. The third kappa shape index (κ3) is 2.48. The van der Waals surface area contributed by atoms with Crippen molar-refractivity contribution in [3.63, 3.8) is 0 Å². The molecule has 0 spiro atoms. The minimum atomic E-state index is -0.00490. The third-order valence-corrected chi connectivity index (χ3v) is 3.50. The monoisotopic (exact) mass is 304 g/mol. The molecule has 0 amide bonds. The van der Waals surface area contributed by atoms with Gasteiger partial charge in [0, 0.05) is 36.6 Å². The molecule has 2 N–H and O–H groups in total. The summed E-state index contributed by atoms with van der Waals surface area (Å²) in [6, 6.07) is 7.47. The number of hydrogen-bond acceptors (Lipinski definition) is 6. The first-order valence-electron chi connectivity index (χ1n) is 7.05. The molecule has 0 aliphatic rings. The maximum absolute atomic E-state index is 10.4. The fourth-order valence-electron chi connectivity index (χ4n) is 2.38. The van der Waals surface area contributed by atoms with Gasteiger partial charge >= 0.3 is 0 Å². The zero-order valence-corrected chi connectivity index (χ0v) is 12.0. The largest absolute Gasteiger partial charge is 0.504 e. The number of fused-ring (bicyclic) bond motifs is 1. The van der Waals surface area contributed by atoms with E-state index in [2.05, 4.69) is 30.1 Å². The van der Waals surface area contributed by atoms with Gasteiger partial charge in [-0.2, -0.15) is 0 Å². The lowest BCUT2D eigenvalue weighted by molar-refractivity contribution is 0.479. The first-order valence-corrected chi connectivity index (χ1v) is 7.05. The van der Waals surface area contributed by atoms with Gasteiger partial charge in [-0.25, -0.2) is 4.98 Å². The predicted molar refractivity (Wildman–Crippen MR) is 83.6 cm³/mol. The second-order valence-electron chi connectivity index (χ2n) is 5.05. The molecule has 0 fully saturated rings. The van der Waals surface area contributed by atoms with E-state index in [9.17, 15) is 5.11 Å². The first kappa shape index (κ1) is 13.3. The van der Waals surface area contributed by atoms with Gasteiger partial charge in [-0.05, 0) is 29.8 Å². The molecule has 0 aromatic carbocycles. The van der Waals surface area contributed by atoms with Crippen LogP contribution in [-0.4, -0.2) is 35.2 Å². The molecule has 0 saturated heterocycles. The molecule has 0 unspecified atom stereocenters. The molecular weight excluding hydrogens is 292 g/mol. The van der Waals surface area contributed by atoms with Crippen LogP contribution >= 0.6 is 0 Å². The van der Waals surface area contributed by atoms with Crippen molar-refractivity contribution in [2.75, 3.05) is 0 Å².